The molecule has 2 aliphatic rings. The minimum Gasteiger partial charge on any atom is -0.486 e. The summed E-state index contributed by atoms with van der Waals surface area (Å²) in [6.45, 7) is 3.45. The first-order chi connectivity index (χ1) is 15.5. The molecule has 0 saturated heterocycles. The summed E-state index contributed by atoms with van der Waals surface area (Å²) in [5.74, 6) is 1.34. The lowest BCUT2D eigenvalue weighted by atomic mass is 10.00. The highest BCUT2D eigenvalue weighted by molar-refractivity contribution is 6.33. The molecule has 32 heavy (non-hydrogen) atoms. The molecule has 0 spiro atoms. The number of anilines is 1. The van der Waals surface area contributed by atoms with Crippen LogP contribution in [0.3, 0.4) is 0 Å². The second-order valence-corrected chi connectivity index (χ2v) is 8.00. The summed E-state index contributed by atoms with van der Waals surface area (Å²) in [5, 5.41) is 1.06. The Balaban J connectivity index is 1.58. The fraction of sp³-hybridized carbons (Fsp3) is 0.304. The third kappa shape index (κ3) is 3.40. The second kappa shape index (κ2) is 7.94. The summed E-state index contributed by atoms with van der Waals surface area (Å²) >= 11 is 6.52. The molecule has 0 aliphatic carbocycles. The van der Waals surface area contributed by atoms with Crippen molar-refractivity contribution < 1.29 is 28.2 Å². The molecule has 8 nitrogen and oxygen atoms in total. The number of ether oxygens (including phenoxy) is 4. The molecule has 3 aromatic rings. The number of fused-ring (bicyclic) bond motifs is 4. The molecule has 2 aromatic carbocycles. The molecular formula is C23H20ClNO7. The number of halogens is 1. The maximum Gasteiger partial charge on any atom is 0.340 e. The van der Waals surface area contributed by atoms with Crippen molar-refractivity contribution in [1.29, 1.82) is 0 Å². The summed E-state index contributed by atoms with van der Waals surface area (Å²) in [6.07, 6.45) is -0.171. The molecule has 0 saturated carbocycles. The molecule has 0 atom stereocenters. The topological polar surface area (TPSA) is 87.4 Å². The van der Waals surface area contributed by atoms with Gasteiger partial charge in [-0.15, -0.1) is 0 Å². The first-order valence-corrected chi connectivity index (χ1v) is 10.5. The van der Waals surface area contributed by atoms with Crippen LogP contribution in [0.5, 0.6) is 17.2 Å². The number of hydrogen-bond acceptors (Lipinski definition) is 8. The van der Waals surface area contributed by atoms with Gasteiger partial charge in [-0.2, -0.15) is 0 Å². The Labute approximate surface area is 188 Å². The number of esters is 1. The lowest BCUT2D eigenvalue weighted by Crippen LogP contribution is -2.32. The standard InChI is InChI=1S/C23H20ClNO7/c1-12-14-8-17(24)22-16(21(14)32-23(27)15(12)9-20(26)28-2)10-25(11-31-22)13-3-4-18-19(7-13)30-6-5-29-18/h3-4,7-8H,5-6,9-11H2,1-2H3. The highest BCUT2D eigenvalue weighted by atomic mass is 35.5. The highest BCUT2D eigenvalue weighted by Gasteiger charge is 2.27. The van der Waals surface area contributed by atoms with Gasteiger partial charge in [0.1, 0.15) is 24.5 Å². The minimum absolute atomic E-state index is 0.171. The van der Waals surface area contributed by atoms with Crippen LogP contribution in [-0.2, 0) is 22.5 Å². The van der Waals surface area contributed by atoms with Crippen molar-refractivity contribution in [2.75, 3.05) is 32.0 Å². The molecule has 0 bridgehead atoms. The maximum atomic E-state index is 12.7. The van der Waals surface area contributed by atoms with Gasteiger partial charge in [-0.3, -0.25) is 4.79 Å². The first kappa shape index (κ1) is 20.5. The van der Waals surface area contributed by atoms with E-state index in [-0.39, 0.29) is 18.7 Å². The first-order valence-electron chi connectivity index (χ1n) is 10.1. The van der Waals surface area contributed by atoms with Crippen molar-refractivity contribution in [3.8, 4) is 17.2 Å². The van der Waals surface area contributed by atoms with Gasteiger partial charge in [-0.1, -0.05) is 11.6 Å². The van der Waals surface area contributed by atoms with Crippen molar-refractivity contribution in [2.45, 2.75) is 19.9 Å². The largest absolute Gasteiger partial charge is 0.486 e. The fourth-order valence-electron chi connectivity index (χ4n) is 4.03. The number of carbonyl (C=O) groups excluding carboxylic acids is 1. The Morgan fingerprint density at radius 3 is 2.72 bits per heavy atom. The van der Waals surface area contributed by atoms with Crippen LogP contribution in [0.15, 0.2) is 33.5 Å². The van der Waals surface area contributed by atoms with Crippen LogP contribution in [0.1, 0.15) is 16.7 Å². The molecule has 0 fully saturated rings. The van der Waals surface area contributed by atoms with Crippen LogP contribution >= 0.6 is 11.6 Å². The average Bonchev–Trinajstić information content (AvgIpc) is 2.82. The summed E-state index contributed by atoms with van der Waals surface area (Å²) in [7, 11) is 1.28. The Morgan fingerprint density at radius 2 is 1.94 bits per heavy atom. The zero-order chi connectivity index (χ0) is 22.4. The Bertz CT molecular complexity index is 1300. The maximum absolute atomic E-state index is 12.7. The van der Waals surface area contributed by atoms with Crippen molar-refractivity contribution in [2.24, 2.45) is 0 Å². The SMILES string of the molecule is COC(=O)Cc1c(C)c2cc(Cl)c3c(c2oc1=O)CN(c1ccc2c(c1)OCCO2)CO3. The van der Waals surface area contributed by atoms with Crippen molar-refractivity contribution in [3.05, 3.63) is 56.4 Å². The number of benzene rings is 2. The van der Waals surface area contributed by atoms with Gasteiger partial charge >= 0.3 is 11.6 Å². The van der Waals surface area contributed by atoms with E-state index in [1.54, 1.807) is 13.0 Å². The summed E-state index contributed by atoms with van der Waals surface area (Å²) in [5.41, 5.74) is 2.22. The van der Waals surface area contributed by atoms with Gasteiger partial charge in [0.05, 0.1) is 36.2 Å². The second-order valence-electron chi connectivity index (χ2n) is 7.59. The molecule has 3 heterocycles. The molecule has 0 N–H and O–H groups in total. The van der Waals surface area contributed by atoms with Crippen molar-refractivity contribution >= 4 is 34.2 Å². The van der Waals surface area contributed by atoms with Crippen LogP contribution in [0.2, 0.25) is 5.02 Å². The van der Waals surface area contributed by atoms with Gasteiger partial charge in [-0.05, 0) is 30.7 Å². The lowest BCUT2D eigenvalue weighted by molar-refractivity contribution is -0.139. The molecule has 1 aromatic heterocycles. The van der Waals surface area contributed by atoms with Crippen LogP contribution in [0.4, 0.5) is 5.69 Å². The fourth-order valence-corrected chi connectivity index (χ4v) is 4.30. The molecule has 0 amide bonds. The van der Waals surface area contributed by atoms with E-state index < -0.39 is 11.6 Å². The zero-order valence-electron chi connectivity index (χ0n) is 17.5. The summed E-state index contributed by atoms with van der Waals surface area (Å²) in [6, 6.07) is 7.38. The third-order valence-electron chi connectivity index (χ3n) is 5.73. The van der Waals surface area contributed by atoms with Gasteiger partial charge < -0.3 is 28.3 Å². The van der Waals surface area contributed by atoms with Crippen molar-refractivity contribution in [3.63, 3.8) is 0 Å². The number of nitrogens with zero attached hydrogens (tertiary/aromatic N) is 1. The molecule has 166 valence electrons. The molecule has 0 radical (unpaired) electrons. The van der Waals surface area contributed by atoms with E-state index in [4.69, 9.17) is 35.0 Å². The third-order valence-corrected chi connectivity index (χ3v) is 6.01. The smallest absolute Gasteiger partial charge is 0.340 e. The number of carbonyl (C=O) groups is 1. The normalized spacial score (nSPS) is 14.7. The number of methoxy groups -OCH3 is 1. The summed E-state index contributed by atoms with van der Waals surface area (Å²) < 4.78 is 27.6. The molecule has 2 aliphatic heterocycles. The van der Waals surface area contributed by atoms with Gasteiger partial charge in [-0.25, -0.2) is 4.79 Å². The quantitative estimate of drug-likeness (QED) is 0.435. The van der Waals surface area contributed by atoms with E-state index in [1.807, 2.05) is 23.1 Å². The van der Waals surface area contributed by atoms with Crippen LogP contribution in [0, 0.1) is 6.92 Å². The Hall–Kier alpha value is -3.39. The van der Waals surface area contributed by atoms with Gasteiger partial charge in [0.15, 0.2) is 18.2 Å². The van der Waals surface area contributed by atoms with Crippen molar-refractivity contribution in [1.82, 2.24) is 0 Å². The molecule has 9 heteroatoms. The lowest BCUT2D eigenvalue weighted by Gasteiger charge is -2.32. The van der Waals surface area contributed by atoms with E-state index in [0.717, 1.165) is 5.69 Å². The predicted octanol–water partition coefficient (Wildman–Crippen LogP) is 3.60. The van der Waals surface area contributed by atoms with Gasteiger partial charge in [0.2, 0.25) is 0 Å². The monoisotopic (exact) mass is 457 g/mol. The highest BCUT2D eigenvalue weighted by Crippen LogP contribution is 2.42. The van der Waals surface area contributed by atoms with Gasteiger partial charge in [0.25, 0.3) is 0 Å². The van der Waals surface area contributed by atoms with E-state index in [9.17, 15) is 9.59 Å². The molecule has 5 rings (SSSR count). The van der Waals surface area contributed by atoms with Crippen LogP contribution < -0.4 is 24.7 Å². The Kier molecular flexibility index (Phi) is 5.09. The molecule has 0 unspecified atom stereocenters. The number of hydrogen-bond donors (Lipinski definition) is 0. The van der Waals surface area contributed by atoms with E-state index >= 15 is 0 Å². The van der Waals surface area contributed by atoms with Gasteiger partial charge in [0, 0.05) is 17.1 Å². The predicted molar refractivity (Wildman–Crippen MR) is 117 cm³/mol. The van der Waals surface area contributed by atoms with E-state index in [1.165, 1.54) is 7.11 Å². The van der Waals surface area contributed by atoms with E-state index in [0.29, 0.717) is 64.1 Å². The minimum atomic E-state index is -0.582. The number of rotatable bonds is 3. The summed E-state index contributed by atoms with van der Waals surface area (Å²) in [4.78, 5) is 26.4. The van der Waals surface area contributed by atoms with Crippen LogP contribution in [0.25, 0.3) is 11.0 Å². The van der Waals surface area contributed by atoms with Crippen LogP contribution in [-0.4, -0.2) is 33.0 Å². The molecular weight excluding hydrogens is 438 g/mol. The van der Waals surface area contributed by atoms with E-state index in [2.05, 4.69) is 0 Å². The Morgan fingerprint density at radius 1 is 1.16 bits per heavy atom. The zero-order valence-corrected chi connectivity index (χ0v) is 18.3. The number of aryl methyl sites for hydroxylation is 1. The average molecular weight is 458 g/mol.